The first-order chi connectivity index (χ1) is 9.74. The molecule has 4 nitrogen and oxygen atoms in total. The summed E-state index contributed by atoms with van der Waals surface area (Å²) in [5.41, 5.74) is 0.961. The molecule has 1 heterocycles. The predicted molar refractivity (Wildman–Crippen MR) is 85.7 cm³/mol. The van der Waals surface area contributed by atoms with Crippen molar-refractivity contribution in [1.82, 2.24) is 5.32 Å². The van der Waals surface area contributed by atoms with Gasteiger partial charge in [0.25, 0.3) is 0 Å². The van der Waals surface area contributed by atoms with Crippen LogP contribution in [0.5, 0.6) is 11.5 Å². The van der Waals surface area contributed by atoms with Gasteiger partial charge in [-0.15, -0.1) is 12.4 Å². The molecular weight excluding hydrogens is 313 g/mol. The zero-order chi connectivity index (χ0) is 14.4. The van der Waals surface area contributed by atoms with Gasteiger partial charge in [-0.25, -0.2) is 0 Å². The molecule has 0 aliphatic heterocycles. The molecule has 0 radical (unpaired) electrons. The number of rotatable bonds is 7. The molecule has 0 aliphatic carbocycles. The van der Waals surface area contributed by atoms with Crippen LogP contribution in [0.1, 0.15) is 18.2 Å². The Hall–Kier alpha value is -1.36. The normalized spacial score (nSPS) is 10.0. The van der Waals surface area contributed by atoms with Gasteiger partial charge in [-0.3, -0.25) is 0 Å². The van der Waals surface area contributed by atoms with Gasteiger partial charge in [0.1, 0.15) is 5.76 Å². The Morgan fingerprint density at radius 3 is 2.71 bits per heavy atom. The molecule has 0 saturated heterocycles. The number of benzene rings is 1. The van der Waals surface area contributed by atoms with E-state index in [1.54, 1.807) is 19.4 Å². The van der Waals surface area contributed by atoms with Crippen molar-refractivity contribution in [3.8, 4) is 11.5 Å². The summed E-state index contributed by atoms with van der Waals surface area (Å²) in [6.45, 7) is 3.78. The van der Waals surface area contributed by atoms with Crippen molar-refractivity contribution in [2.75, 3.05) is 13.7 Å². The summed E-state index contributed by atoms with van der Waals surface area (Å²) < 4.78 is 16.2. The average molecular weight is 332 g/mol. The zero-order valence-corrected chi connectivity index (χ0v) is 13.6. The summed E-state index contributed by atoms with van der Waals surface area (Å²) in [5, 5.41) is 3.92. The van der Waals surface area contributed by atoms with E-state index in [2.05, 4.69) is 5.32 Å². The van der Waals surface area contributed by atoms with Gasteiger partial charge in [-0.2, -0.15) is 0 Å². The molecule has 0 unspecified atom stereocenters. The van der Waals surface area contributed by atoms with Crippen LogP contribution in [-0.2, 0) is 13.1 Å². The van der Waals surface area contributed by atoms with Gasteiger partial charge < -0.3 is 19.2 Å². The molecule has 1 aromatic heterocycles. The molecule has 0 amide bonds. The second-order valence-electron chi connectivity index (χ2n) is 4.21. The van der Waals surface area contributed by atoms with Gasteiger partial charge in [0.2, 0.25) is 0 Å². The van der Waals surface area contributed by atoms with E-state index in [1.165, 1.54) is 0 Å². The lowest BCUT2D eigenvalue weighted by Gasteiger charge is -2.15. The molecule has 0 atom stereocenters. The highest BCUT2D eigenvalue weighted by atomic mass is 35.5. The molecule has 1 N–H and O–H groups in total. The molecule has 2 aromatic rings. The van der Waals surface area contributed by atoms with Crippen LogP contribution >= 0.6 is 24.0 Å². The van der Waals surface area contributed by atoms with Crippen LogP contribution in [0.4, 0.5) is 0 Å². The van der Waals surface area contributed by atoms with E-state index in [1.807, 2.05) is 25.1 Å². The number of hydrogen-bond acceptors (Lipinski definition) is 4. The quantitative estimate of drug-likeness (QED) is 0.831. The fourth-order valence-electron chi connectivity index (χ4n) is 1.95. The molecule has 6 heteroatoms. The summed E-state index contributed by atoms with van der Waals surface area (Å²) in [6.07, 6.45) is 1.66. The molecule has 2 rings (SSSR count). The number of ether oxygens (including phenoxy) is 2. The Labute approximate surface area is 135 Å². The molecule has 0 saturated carbocycles. The second-order valence-corrected chi connectivity index (χ2v) is 4.65. The number of hydrogen-bond donors (Lipinski definition) is 1. The van der Waals surface area contributed by atoms with E-state index < -0.39 is 0 Å². The van der Waals surface area contributed by atoms with Crippen molar-refractivity contribution in [3.63, 3.8) is 0 Å². The number of methoxy groups -OCH3 is 1. The first kappa shape index (κ1) is 17.7. The Bertz CT molecular complexity index is 544. The van der Waals surface area contributed by atoms with E-state index in [-0.39, 0.29) is 12.4 Å². The summed E-state index contributed by atoms with van der Waals surface area (Å²) in [7, 11) is 1.61. The van der Waals surface area contributed by atoms with Gasteiger partial charge in [0.15, 0.2) is 11.5 Å². The Kier molecular flexibility index (Phi) is 7.43. The summed E-state index contributed by atoms with van der Waals surface area (Å²) in [6, 6.07) is 7.42. The van der Waals surface area contributed by atoms with Gasteiger partial charge >= 0.3 is 0 Å². The predicted octanol–water partition coefficient (Wildman–Crippen LogP) is 4.05. The Balaban J connectivity index is 0.00000220. The van der Waals surface area contributed by atoms with E-state index in [4.69, 9.17) is 25.5 Å². The monoisotopic (exact) mass is 331 g/mol. The van der Waals surface area contributed by atoms with Crippen LogP contribution in [0.15, 0.2) is 34.9 Å². The number of halogens is 2. The Morgan fingerprint density at radius 1 is 1.29 bits per heavy atom. The number of nitrogens with one attached hydrogen (secondary N) is 1. The maximum Gasteiger partial charge on any atom is 0.165 e. The SMILES string of the molecule is CCOc1c(CNCc2ccco2)cc(Cl)cc1OC.Cl. The summed E-state index contributed by atoms with van der Waals surface area (Å²) >= 11 is 6.10. The van der Waals surface area contributed by atoms with Gasteiger partial charge in [0.05, 0.1) is 26.5 Å². The molecule has 0 bridgehead atoms. The minimum Gasteiger partial charge on any atom is -0.493 e. The van der Waals surface area contributed by atoms with E-state index in [0.717, 1.165) is 17.1 Å². The lowest BCUT2D eigenvalue weighted by Crippen LogP contribution is -2.13. The molecule has 21 heavy (non-hydrogen) atoms. The van der Waals surface area contributed by atoms with Gasteiger partial charge in [0, 0.05) is 23.2 Å². The third-order valence-electron chi connectivity index (χ3n) is 2.80. The zero-order valence-electron chi connectivity index (χ0n) is 12.0. The molecule has 116 valence electrons. The fourth-order valence-corrected chi connectivity index (χ4v) is 2.18. The van der Waals surface area contributed by atoms with E-state index in [0.29, 0.717) is 30.5 Å². The van der Waals surface area contributed by atoms with Crippen LogP contribution in [0.25, 0.3) is 0 Å². The van der Waals surface area contributed by atoms with Crippen LogP contribution in [0.2, 0.25) is 5.02 Å². The van der Waals surface area contributed by atoms with Gasteiger partial charge in [-0.05, 0) is 25.1 Å². The largest absolute Gasteiger partial charge is 0.493 e. The second kappa shape index (κ2) is 8.82. The van der Waals surface area contributed by atoms with Crippen molar-refractivity contribution < 1.29 is 13.9 Å². The molecular formula is C15H19Cl2NO3. The highest BCUT2D eigenvalue weighted by Gasteiger charge is 2.12. The molecule has 0 aliphatic rings. The van der Waals surface area contributed by atoms with E-state index >= 15 is 0 Å². The highest BCUT2D eigenvalue weighted by molar-refractivity contribution is 6.30. The van der Waals surface area contributed by atoms with Crippen molar-refractivity contribution >= 4 is 24.0 Å². The van der Waals surface area contributed by atoms with Crippen molar-refractivity contribution in [3.05, 3.63) is 46.9 Å². The molecule has 0 fully saturated rings. The fraction of sp³-hybridized carbons (Fsp3) is 0.333. The third-order valence-corrected chi connectivity index (χ3v) is 3.02. The van der Waals surface area contributed by atoms with Crippen LogP contribution in [0, 0.1) is 0 Å². The third kappa shape index (κ3) is 4.84. The minimum atomic E-state index is 0. The maximum absolute atomic E-state index is 6.10. The van der Waals surface area contributed by atoms with Crippen LogP contribution in [0.3, 0.4) is 0 Å². The maximum atomic E-state index is 6.10. The first-order valence-corrected chi connectivity index (χ1v) is 6.84. The van der Waals surface area contributed by atoms with Gasteiger partial charge in [-0.1, -0.05) is 11.6 Å². The lowest BCUT2D eigenvalue weighted by molar-refractivity contribution is 0.306. The first-order valence-electron chi connectivity index (χ1n) is 6.47. The van der Waals surface area contributed by atoms with Crippen molar-refractivity contribution in [2.45, 2.75) is 20.0 Å². The number of furan rings is 1. The van der Waals surface area contributed by atoms with Crippen LogP contribution in [-0.4, -0.2) is 13.7 Å². The van der Waals surface area contributed by atoms with Crippen LogP contribution < -0.4 is 14.8 Å². The minimum absolute atomic E-state index is 0. The highest BCUT2D eigenvalue weighted by Crippen LogP contribution is 2.34. The summed E-state index contributed by atoms with van der Waals surface area (Å²) in [4.78, 5) is 0. The standard InChI is InChI=1S/C15H18ClNO3.ClH/c1-3-19-15-11(7-12(16)8-14(15)18-2)9-17-10-13-5-4-6-20-13;/h4-8,17H,3,9-10H2,1-2H3;1H. The van der Waals surface area contributed by atoms with Crippen molar-refractivity contribution in [2.24, 2.45) is 0 Å². The van der Waals surface area contributed by atoms with Crippen molar-refractivity contribution in [1.29, 1.82) is 0 Å². The Morgan fingerprint density at radius 2 is 2.10 bits per heavy atom. The lowest BCUT2D eigenvalue weighted by atomic mass is 10.1. The van der Waals surface area contributed by atoms with E-state index in [9.17, 15) is 0 Å². The summed E-state index contributed by atoms with van der Waals surface area (Å²) in [5.74, 6) is 2.26. The molecule has 0 spiro atoms. The molecule has 1 aromatic carbocycles. The smallest absolute Gasteiger partial charge is 0.165 e. The topological polar surface area (TPSA) is 43.6 Å². The average Bonchev–Trinajstić information content (AvgIpc) is 2.94.